The van der Waals surface area contributed by atoms with Gasteiger partial charge in [0.2, 0.25) is 5.95 Å². The van der Waals surface area contributed by atoms with E-state index in [4.69, 9.17) is 5.73 Å². The molecule has 0 saturated carbocycles. The third-order valence-corrected chi connectivity index (χ3v) is 2.65. The molecule has 0 aliphatic heterocycles. The fourth-order valence-electron chi connectivity index (χ4n) is 1.72. The topological polar surface area (TPSA) is 55.0 Å². The second kappa shape index (κ2) is 4.93. The molecule has 0 spiro atoms. The van der Waals surface area contributed by atoms with Crippen LogP contribution >= 0.6 is 0 Å². The Morgan fingerprint density at radius 3 is 2.71 bits per heavy atom. The highest BCUT2D eigenvalue weighted by atomic mass is 15.2. The summed E-state index contributed by atoms with van der Waals surface area (Å²) in [5.74, 6) is 0.686. The standard InChI is InChI=1S/C13H16N4/c1-10-7-8-15-13(16-10)17(2)12-6-4-3-5-11(12)9-14/h3-8H,9,14H2,1-2H3. The quantitative estimate of drug-likeness (QED) is 0.873. The van der Waals surface area contributed by atoms with Gasteiger partial charge in [0.25, 0.3) is 0 Å². The van der Waals surface area contributed by atoms with Gasteiger partial charge in [-0.1, -0.05) is 18.2 Å². The van der Waals surface area contributed by atoms with Gasteiger partial charge in [-0.25, -0.2) is 9.97 Å². The van der Waals surface area contributed by atoms with Crippen LogP contribution in [0, 0.1) is 6.92 Å². The van der Waals surface area contributed by atoms with E-state index in [0.717, 1.165) is 16.9 Å². The molecule has 0 amide bonds. The minimum absolute atomic E-state index is 0.506. The van der Waals surface area contributed by atoms with Crippen LogP contribution in [0.4, 0.5) is 11.6 Å². The molecule has 0 aliphatic rings. The number of para-hydroxylation sites is 1. The zero-order chi connectivity index (χ0) is 12.3. The van der Waals surface area contributed by atoms with Crippen molar-refractivity contribution in [1.29, 1.82) is 0 Å². The van der Waals surface area contributed by atoms with E-state index in [1.54, 1.807) is 6.20 Å². The third kappa shape index (κ3) is 2.42. The number of hydrogen-bond acceptors (Lipinski definition) is 4. The monoisotopic (exact) mass is 228 g/mol. The molecule has 4 heteroatoms. The maximum atomic E-state index is 5.73. The van der Waals surface area contributed by atoms with Crippen molar-refractivity contribution in [3.05, 3.63) is 47.8 Å². The van der Waals surface area contributed by atoms with Crippen molar-refractivity contribution in [2.24, 2.45) is 5.73 Å². The predicted octanol–water partition coefficient (Wildman–Crippen LogP) is 2.01. The molecule has 0 radical (unpaired) electrons. The second-order valence-corrected chi connectivity index (χ2v) is 3.89. The first-order valence-corrected chi connectivity index (χ1v) is 5.53. The Morgan fingerprint density at radius 1 is 1.24 bits per heavy atom. The highest BCUT2D eigenvalue weighted by Gasteiger charge is 2.09. The molecule has 0 aliphatic carbocycles. The van der Waals surface area contributed by atoms with Gasteiger partial charge in [0.15, 0.2) is 0 Å². The number of aryl methyl sites for hydroxylation is 1. The lowest BCUT2D eigenvalue weighted by atomic mass is 10.1. The van der Waals surface area contributed by atoms with Crippen LogP contribution in [-0.4, -0.2) is 17.0 Å². The van der Waals surface area contributed by atoms with Crippen molar-refractivity contribution in [2.45, 2.75) is 13.5 Å². The van der Waals surface area contributed by atoms with E-state index in [-0.39, 0.29) is 0 Å². The Bertz CT molecular complexity index is 510. The molecular weight excluding hydrogens is 212 g/mol. The van der Waals surface area contributed by atoms with Gasteiger partial charge in [0.05, 0.1) is 0 Å². The molecule has 0 atom stereocenters. The molecule has 2 N–H and O–H groups in total. The first-order valence-electron chi connectivity index (χ1n) is 5.53. The highest BCUT2D eigenvalue weighted by molar-refractivity contribution is 5.60. The molecule has 4 nitrogen and oxygen atoms in total. The van der Waals surface area contributed by atoms with E-state index < -0.39 is 0 Å². The van der Waals surface area contributed by atoms with Gasteiger partial charge in [-0.3, -0.25) is 0 Å². The molecule has 1 aromatic heterocycles. The van der Waals surface area contributed by atoms with E-state index >= 15 is 0 Å². The fraction of sp³-hybridized carbons (Fsp3) is 0.231. The molecule has 0 bridgehead atoms. The van der Waals surface area contributed by atoms with Gasteiger partial charge in [0, 0.05) is 31.2 Å². The lowest BCUT2D eigenvalue weighted by Crippen LogP contribution is -2.16. The van der Waals surface area contributed by atoms with Gasteiger partial charge in [0.1, 0.15) is 0 Å². The molecule has 17 heavy (non-hydrogen) atoms. The molecule has 0 fully saturated rings. The van der Waals surface area contributed by atoms with Gasteiger partial charge in [-0.05, 0) is 24.6 Å². The van der Waals surface area contributed by atoms with E-state index in [9.17, 15) is 0 Å². The van der Waals surface area contributed by atoms with Crippen LogP contribution in [0.1, 0.15) is 11.3 Å². The molecule has 88 valence electrons. The average Bonchev–Trinajstić information content (AvgIpc) is 2.38. The van der Waals surface area contributed by atoms with Crippen molar-refractivity contribution in [2.75, 3.05) is 11.9 Å². The molecule has 0 unspecified atom stereocenters. The number of anilines is 2. The fourth-order valence-corrected chi connectivity index (χ4v) is 1.72. The minimum Gasteiger partial charge on any atom is -0.326 e. The van der Waals surface area contributed by atoms with E-state index in [1.807, 2.05) is 49.2 Å². The van der Waals surface area contributed by atoms with E-state index in [0.29, 0.717) is 12.5 Å². The molecule has 1 heterocycles. The van der Waals surface area contributed by atoms with E-state index in [1.165, 1.54) is 0 Å². The zero-order valence-corrected chi connectivity index (χ0v) is 10.1. The maximum absolute atomic E-state index is 5.73. The summed E-state index contributed by atoms with van der Waals surface area (Å²) in [5, 5.41) is 0. The number of nitrogens with zero attached hydrogens (tertiary/aromatic N) is 3. The number of hydrogen-bond donors (Lipinski definition) is 1. The molecule has 0 saturated heterocycles. The Morgan fingerprint density at radius 2 is 2.00 bits per heavy atom. The van der Waals surface area contributed by atoms with Crippen LogP contribution in [0.15, 0.2) is 36.5 Å². The smallest absolute Gasteiger partial charge is 0.229 e. The van der Waals surface area contributed by atoms with Crippen molar-refractivity contribution in [3.63, 3.8) is 0 Å². The summed E-state index contributed by atoms with van der Waals surface area (Å²) >= 11 is 0. The molecule has 2 rings (SSSR count). The van der Waals surface area contributed by atoms with Gasteiger partial charge in [-0.2, -0.15) is 0 Å². The van der Waals surface area contributed by atoms with Gasteiger partial charge in [-0.15, -0.1) is 0 Å². The second-order valence-electron chi connectivity index (χ2n) is 3.89. The number of benzene rings is 1. The summed E-state index contributed by atoms with van der Waals surface area (Å²) in [6, 6.07) is 9.89. The number of nitrogens with two attached hydrogens (primary N) is 1. The van der Waals surface area contributed by atoms with Crippen LogP contribution < -0.4 is 10.6 Å². The Balaban J connectivity index is 2.40. The number of rotatable bonds is 3. The summed E-state index contributed by atoms with van der Waals surface area (Å²) < 4.78 is 0. The molecule has 2 aromatic rings. The Hall–Kier alpha value is -1.94. The normalized spacial score (nSPS) is 10.3. The van der Waals surface area contributed by atoms with Crippen molar-refractivity contribution in [1.82, 2.24) is 9.97 Å². The van der Waals surface area contributed by atoms with Crippen molar-refractivity contribution in [3.8, 4) is 0 Å². The lowest BCUT2D eigenvalue weighted by molar-refractivity contribution is 0.987. The van der Waals surface area contributed by atoms with Crippen LogP contribution in [0.2, 0.25) is 0 Å². The summed E-state index contributed by atoms with van der Waals surface area (Å²) in [7, 11) is 1.95. The van der Waals surface area contributed by atoms with Crippen molar-refractivity contribution >= 4 is 11.6 Å². The Labute approximate surface area is 101 Å². The van der Waals surface area contributed by atoms with Crippen LogP contribution in [0.25, 0.3) is 0 Å². The highest BCUT2D eigenvalue weighted by Crippen LogP contribution is 2.23. The summed E-state index contributed by atoms with van der Waals surface area (Å²) in [6.07, 6.45) is 1.76. The summed E-state index contributed by atoms with van der Waals surface area (Å²) in [6.45, 7) is 2.46. The van der Waals surface area contributed by atoms with Gasteiger partial charge < -0.3 is 10.6 Å². The molecular formula is C13H16N4. The van der Waals surface area contributed by atoms with Crippen LogP contribution in [0.3, 0.4) is 0 Å². The molecule has 1 aromatic carbocycles. The maximum Gasteiger partial charge on any atom is 0.229 e. The summed E-state index contributed by atoms with van der Waals surface area (Å²) in [5.41, 5.74) is 8.81. The summed E-state index contributed by atoms with van der Waals surface area (Å²) in [4.78, 5) is 10.6. The van der Waals surface area contributed by atoms with Crippen LogP contribution in [0.5, 0.6) is 0 Å². The third-order valence-electron chi connectivity index (χ3n) is 2.65. The average molecular weight is 228 g/mol. The SMILES string of the molecule is Cc1ccnc(N(C)c2ccccc2CN)n1. The largest absolute Gasteiger partial charge is 0.326 e. The van der Waals surface area contributed by atoms with E-state index in [2.05, 4.69) is 9.97 Å². The number of aromatic nitrogens is 2. The first kappa shape index (κ1) is 11.5. The first-order chi connectivity index (χ1) is 8.22. The Kier molecular flexibility index (Phi) is 3.35. The predicted molar refractivity (Wildman–Crippen MR) is 69.2 cm³/mol. The van der Waals surface area contributed by atoms with Crippen LogP contribution in [-0.2, 0) is 6.54 Å². The minimum atomic E-state index is 0.506. The van der Waals surface area contributed by atoms with Crippen molar-refractivity contribution < 1.29 is 0 Å². The van der Waals surface area contributed by atoms with Gasteiger partial charge >= 0.3 is 0 Å². The zero-order valence-electron chi connectivity index (χ0n) is 10.1. The lowest BCUT2D eigenvalue weighted by Gasteiger charge is -2.20.